The Kier molecular flexibility index (Phi) is 7.13. The topological polar surface area (TPSA) is 67.4 Å². The van der Waals surface area contributed by atoms with Crippen LogP contribution in [0.2, 0.25) is 0 Å². The summed E-state index contributed by atoms with van der Waals surface area (Å²) in [7, 11) is -0.639. The highest BCUT2D eigenvalue weighted by Crippen LogP contribution is 2.12. The van der Waals surface area contributed by atoms with Crippen LogP contribution in [0.15, 0.2) is 0 Å². The van der Waals surface area contributed by atoms with Gasteiger partial charge in [-0.3, -0.25) is 4.21 Å². The number of carbonyl (C=O) groups excluding carboxylic acids is 1. The third-order valence-corrected chi connectivity index (χ3v) is 4.89. The molecule has 1 atom stereocenters. The molecule has 1 fully saturated rings. The number of hydrogen-bond donors (Lipinski definition) is 2. The smallest absolute Gasteiger partial charge is 0.407 e. The zero-order valence-electron chi connectivity index (χ0n) is 13.9. The van der Waals surface area contributed by atoms with Crippen molar-refractivity contribution < 1.29 is 13.7 Å². The molecule has 0 saturated carbocycles. The molecule has 1 aliphatic rings. The predicted octanol–water partition coefficient (Wildman–Crippen LogP) is 2.04. The van der Waals surface area contributed by atoms with Crippen molar-refractivity contribution in [3.63, 3.8) is 0 Å². The van der Waals surface area contributed by atoms with Gasteiger partial charge in [-0.1, -0.05) is 13.8 Å². The molecular weight excluding hydrogens is 288 g/mol. The van der Waals surface area contributed by atoms with Crippen LogP contribution in [0.25, 0.3) is 0 Å². The van der Waals surface area contributed by atoms with E-state index in [9.17, 15) is 9.00 Å². The number of amides is 1. The summed E-state index contributed by atoms with van der Waals surface area (Å²) < 4.78 is 16.6. The van der Waals surface area contributed by atoms with E-state index < -0.39 is 16.4 Å². The molecule has 0 aromatic rings. The lowest BCUT2D eigenvalue weighted by molar-refractivity contribution is 0.0518. The molecule has 0 spiro atoms. The Labute approximate surface area is 131 Å². The number of hydrogen-bond acceptors (Lipinski definition) is 4. The fourth-order valence-corrected chi connectivity index (χ4v) is 3.56. The minimum Gasteiger partial charge on any atom is -0.444 e. The Morgan fingerprint density at radius 1 is 1.29 bits per heavy atom. The molecule has 2 N–H and O–H groups in total. The Hall–Kier alpha value is -0.620. The Morgan fingerprint density at radius 3 is 2.33 bits per heavy atom. The lowest BCUT2D eigenvalue weighted by Gasteiger charge is -2.31. The van der Waals surface area contributed by atoms with Crippen LogP contribution in [-0.4, -0.2) is 46.0 Å². The molecule has 124 valence electrons. The summed E-state index contributed by atoms with van der Waals surface area (Å²) >= 11 is 0. The second-order valence-electron chi connectivity index (χ2n) is 7.02. The third-order valence-electron chi connectivity index (χ3n) is 3.51. The van der Waals surface area contributed by atoms with E-state index in [0.717, 1.165) is 24.3 Å². The Morgan fingerprint density at radius 2 is 1.86 bits per heavy atom. The van der Waals surface area contributed by atoms with Gasteiger partial charge >= 0.3 is 6.09 Å². The van der Waals surface area contributed by atoms with Crippen molar-refractivity contribution in [1.82, 2.24) is 10.6 Å². The molecule has 1 amide bonds. The van der Waals surface area contributed by atoms with E-state index in [1.165, 1.54) is 0 Å². The highest BCUT2D eigenvalue weighted by Gasteiger charge is 2.23. The van der Waals surface area contributed by atoms with Gasteiger partial charge in [-0.25, -0.2) is 4.79 Å². The van der Waals surface area contributed by atoms with Crippen molar-refractivity contribution >= 4 is 16.9 Å². The number of alkyl carbamates (subject to hydrolysis) is 1. The normalized spacial score (nSPS) is 24.7. The molecule has 21 heavy (non-hydrogen) atoms. The predicted molar refractivity (Wildman–Crippen MR) is 86.9 cm³/mol. The minimum absolute atomic E-state index is 0.203. The van der Waals surface area contributed by atoms with Gasteiger partial charge in [0, 0.05) is 40.9 Å². The van der Waals surface area contributed by atoms with Gasteiger partial charge in [-0.05, 0) is 39.5 Å². The molecule has 0 radical (unpaired) electrons. The number of rotatable bonds is 5. The average molecular weight is 318 g/mol. The van der Waals surface area contributed by atoms with E-state index in [0.29, 0.717) is 18.5 Å². The van der Waals surface area contributed by atoms with Crippen molar-refractivity contribution in [2.75, 3.05) is 18.1 Å². The lowest BCUT2D eigenvalue weighted by Crippen LogP contribution is -2.50. The van der Waals surface area contributed by atoms with Crippen molar-refractivity contribution in [3.8, 4) is 0 Å². The molecule has 1 unspecified atom stereocenters. The zero-order chi connectivity index (χ0) is 16.0. The summed E-state index contributed by atoms with van der Waals surface area (Å²) in [5.41, 5.74) is -0.474. The molecule has 1 aliphatic heterocycles. The van der Waals surface area contributed by atoms with Crippen LogP contribution in [0.1, 0.15) is 47.5 Å². The molecule has 1 rings (SSSR count). The summed E-state index contributed by atoms with van der Waals surface area (Å²) in [6.45, 7) is 10.4. The first kappa shape index (κ1) is 18.4. The van der Waals surface area contributed by atoms with Crippen LogP contribution >= 0.6 is 0 Å². The van der Waals surface area contributed by atoms with Gasteiger partial charge in [0.25, 0.3) is 0 Å². The first-order chi connectivity index (χ1) is 9.67. The van der Waals surface area contributed by atoms with Gasteiger partial charge in [0.2, 0.25) is 0 Å². The Balaban J connectivity index is 2.40. The standard InChI is InChI=1S/C15H30N2O3S/c1-11(2)13(10-16-14(18)20-15(3,4)5)17-12-6-8-21(19)9-7-12/h11-13,17H,6-10H2,1-5H3,(H,16,18). The molecule has 0 aromatic heterocycles. The van der Waals surface area contributed by atoms with Gasteiger partial charge in [0.15, 0.2) is 0 Å². The third kappa shape index (κ3) is 7.81. The Bertz CT molecular complexity index is 356. The van der Waals surface area contributed by atoms with Gasteiger partial charge in [-0.2, -0.15) is 0 Å². The maximum atomic E-state index is 11.7. The largest absolute Gasteiger partial charge is 0.444 e. The highest BCUT2D eigenvalue weighted by molar-refractivity contribution is 7.85. The summed E-state index contributed by atoms with van der Waals surface area (Å²) in [6, 6.07) is 0.601. The van der Waals surface area contributed by atoms with Crippen LogP contribution in [0.3, 0.4) is 0 Å². The van der Waals surface area contributed by atoms with Crippen molar-refractivity contribution in [1.29, 1.82) is 0 Å². The molecule has 1 heterocycles. The van der Waals surface area contributed by atoms with Crippen LogP contribution < -0.4 is 10.6 Å². The fraction of sp³-hybridized carbons (Fsp3) is 0.933. The molecule has 0 bridgehead atoms. The first-order valence-electron chi connectivity index (χ1n) is 7.75. The molecular formula is C15H30N2O3S. The number of nitrogens with one attached hydrogen (secondary N) is 2. The summed E-state index contributed by atoms with van der Waals surface area (Å²) in [5, 5.41) is 6.42. The van der Waals surface area contributed by atoms with Gasteiger partial charge in [0.1, 0.15) is 5.60 Å². The SMILES string of the molecule is CC(C)C(CNC(=O)OC(C)(C)C)NC1CCS(=O)CC1. The van der Waals surface area contributed by atoms with Gasteiger partial charge in [-0.15, -0.1) is 0 Å². The zero-order valence-corrected chi connectivity index (χ0v) is 14.7. The second kappa shape index (κ2) is 8.13. The second-order valence-corrected chi connectivity index (χ2v) is 8.72. The number of ether oxygens (including phenoxy) is 1. The summed E-state index contributed by atoms with van der Waals surface area (Å²) in [4.78, 5) is 11.7. The average Bonchev–Trinajstić information content (AvgIpc) is 2.34. The monoisotopic (exact) mass is 318 g/mol. The fourth-order valence-electron chi connectivity index (χ4n) is 2.26. The summed E-state index contributed by atoms with van der Waals surface area (Å²) in [6.07, 6.45) is 1.52. The van der Waals surface area contributed by atoms with Gasteiger partial charge < -0.3 is 15.4 Å². The molecule has 0 aromatic carbocycles. The van der Waals surface area contributed by atoms with Crippen molar-refractivity contribution in [3.05, 3.63) is 0 Å². The van der Waals surface area contributed by atoms with E-state index in [1.54, 1.807) is 0 Å². The molecule has 0 aliphatic carbocycles. The van der Waals surface area contributed by atoms with Crippen molar-refractivity contribution in [2.24, 2.45) is 5.92 Å². The maximum Gasteiger partial charge on any atom is 0.407 e. The van der Waals surface area contributed by atoms with Crippen LogP contribution in [0, 0.1) is 5.92 Å². The van der Waals surface area contributed by atoms with Crippen LogP contribution in [-0.2, 0) is 15.5 Å². The molecule has 1 saturated heterocycles. The van der Waals surface area contributed by atoms with E-state index >= 15 is 0 Å². The number of carbonyl (C=O) groups is 1. The van der Waals surface area contributed by atoms with Crippen molar-refractivity contribution in [2.45, 2.75) is 65.1 Å². The lowest BCUT2D eigenvalue weighted by atomic mass is 10.0. The maximum absolute atomic E-state index is 11.7. The first-order valence-corrected chi connectivity index (χ1v) is 9.24. The molecule has 6 heteroatoms. The molecule has 5 nitrogen and oxygen atoms in total. The minimum atomic E-state index is -0.639. The van der Waals surface area contributed by atoms with Crippen LogP contribution in [0.4, 0.5) is 4.79 Å². The van der Waals surface area contributed by atoms with Crippen LogP contribution in [0.5, 0.6) is 0 Å². The van der Waals surface area contributed by atoms with Gasteiger partial charge in [0.05, 0.1) is 0 Å². The summed E-state index contributed by atoms with van der Waals surface area (Å²) in [5.74, 6) is 1.97. The van der Waals surface area contributed by atoms with E-state index in [1.807, 2.05) is 20.8 Å². The van der Waals surface area contributed by atoms with E-state index in [-0.39, 0.29) is 12.1 Å². The highest BCUT2D eigenvalue weighted by atomic mass is 32.2. The quantitative estimate of drug-likeness (QED) is 0.814. The van der Waals surface area contributed by atoms with E-state index in [4.69, 9.17) is 4.74 Å². The van der Waals surface area contributed by atoms with E-state index in [2.05, 4.69) is 24.5 Å².